The molecule has 0 atom stereocenters. The lowest BCUT2D eigenvalue weighted by Gasteiger charge is -2.34. The number of morpholine rings is 1. The Kier molecular flexibility index (Phi) is 6.60. The molecule has 7 nitrogen and oxygen atoms in total. The van der Waals surface area contributed by atoms with Crippen LogP contribution in [0.3, 0.4) is 0 Å². The largest absolute Gasteiger partial charge is 0.378 e. The minimum atomic E-state index is 0.0779. The number of nitrogens with zero attached hydrogens (tertiary/aromatic N) is 5. The normalized spacial score (nSPS) is 17.2. The summed E-state index contributed by atoms with van der Waals surface area (Å²) in [5.41, 5.74) is 3.69. The first-order valence-corrected chi connectivity index (χ1v) is 11.6. The van der Waals surface area contributed by atoms with Crippen LogP contribution in [0.25, 0.3) is 11.3 Å². The van der Waals surface area contributed by atoms with Crippen molar-refractivity contribution in [1.29, 1.82) is 0 Å². The van der Waals surface area contributed by atoms with E-state index in [9.17, 15) is 4.79 Å². The molecule has 33 heavy (non-hydrogen) atoms. The summed E-state index contributed by atoms with van der Waals surface area (Å²) in [7, 11) is 0. The van der Waals surface area contributed by atoms with Gasteiger partial charge in [0.2, 0.25) is 0 Å². The van der Waals surface area contributed by atoms with Gasteiger partial charge in [-0.15, -0.1) is 10.2 Å². The summed E-state index contributed by atoms with van der Waals surface area (Å²) in [4.78, 5) is 19.7. The smallest absolute Gasteiger partial charge is 0.253 e. The third-order valence-corrected chi connectivity index (χ3v) is 6.30. The Hall–Kier alpha value is -3.29. The van der Waals surface area contributed by atoms with Crippen LogP contribution >= 0.6 is 0 Å². The summed E-state index contributed by atoms with van der Waals surface area (Å²) in [6, 6.07) is 22.2. The summed E-state index contributed by atoms with van der Waals surface area (Å²) >= 11 is 0. The molecule has 3 heterocycles. The number of rotatable bonds is 5. The highest BCUT2D eigenvalue weighted by Crippen LogP contribution is 2.21. The fraction of sp³-hybridized carbons (Fsp3) is 0.346. The van der Waals surface area contributed by atoms with Crippen molar-refractivity contribution in [2.24, 2.45) is 0 Å². The van der Waals surface area contributed by atoms with Gasteiger partial charge in [-0.25, -0.2) is 0 Å². The lowest BCUT2D eigenvalue weighted by Crippen LogP contribution is -2.48. The van der Waals surface area contributed by atoms with E-state index in [-0.39, 0.29) is 5.91 Å². The molecule has 0 spiro atoms. The molecule has 0 saturated carbocycles. The molecule has 5 rings (SSSR count). The molecule has 1 aromatic heterocycles. The van der Waals surface area contributed by atoms with Crippen molar-refractivity contribution < 1.29 is 9.53 Å². The highest BCUT2D eigenvalue weighted by atomic mass is 16.5. The second-order valence-corrected chi connectivity index (χ2v) is 8.51. The molecule has 170 valence electrons. The van der Waals surface area contributed by atoms with E-state index >= 15 is 0 Å². The zero-order chi connectivity index (χ0) is 22.5. The quantitative estimate of drug-likeness (QED) is 0.604. The van der Waals surface area contributed by atoms with Gasteiger partial charge in [0.05, 0.1) is 18.9 Å². The Bertz CT molecular complexity index is 1060. The Labute approximate surface area is 194 Å². The van der Waals surface area contributed by atoms with Gasteiger partial charge < -0.3 is 14.5 Å². The molecule has 1 amide bonds. The van der Waals surface area contributed by atoms with Gasteiger partial charge in [-0.2, -0.15) is 0 Å². The summed E-state index contributed by atoms with van der Waals surface area (Å²) in [5.74, 6) is 0.941. The van der Waals surface area contributed by atoms with Crippen molar-refractivity contribution in [1.82, 2.24) is 20.0 Å². The maximum Gasteiger partial charge on any atom is 0.253 e. The van der Waals surface area contributed by atoms with Crippen LogP contribution in [0.1, 0.15) is 15.9 Å². The van der Waals surface area contributed by atoms with Crippen molar-refractivity contribution in [2.45, 2.75) is 6.54 Å². The van der Waals surface area contributed by atoms with Gasteiger partial charge >= 0.3 is 0 Å². The predicted molar refractivity (Wildman–Crippen MR) is 128 cm³/mol. The molecule has 3 aromatic rings. The topological polar surface area (TPSA) is 61.8 Å². The van der Waals surface area contributed by atoms with Gasteiger partial charge in [-0.3, -0.25) is 9.69 Å². The summed E-state index contributed by atoms with van der Waals surface area (Å²) in [5, 5.41) is 8.83. The van der Waals surface area contributed by atoms with E-state index in [1.165, 1.54) is 5.56 Å². The van der Waals surface area contributed by atoms with E-state index in [2.05, 4.69) is 44.3 Å². The number of hydrogen-bond acceptors (Lipinski definition) is 6. The lowest BCUT2D eigenvalue weighted by atomic mass is 10.1. The van der Waals surface area contributed by atoms with Crippen LogP contribution in [0.5, 0.6) is 0 Å². The predicted octanol–water partition coefficient (Wildman–Crippen LogP) is 2.94. The second-order valence-electron chi connectivity index (χ2n) is 8.51. The highest BCUT2D eigenvalue weighted by molar-refractivity contribution is 5.95. The lowest BCUT2D eigenvalue weighted by molar-refractivity contribution is 0.0628. The van der Waals surface area contributed by atoms with Crippen LogP contribution in [-0.2, 0) is 11.3 Å². The van der Waals surface area contributed by atoms with Crippen LogP contribution < -0.4 is 4.90 Å². The first-order chi connectivity index (χ1) is 16.3. The molecule has 0 unspecified atom stereocenters. The van der Waals surface area contributed by atoms with Gasteiger partial charge in [0.25, 0.3) is 5.91 Å². The molecule has 0 radical (unpaired) electrons. The fourth-order valence-electron chi connectivity index (χ4n) is 4.39. The van der Waals surface area contributed by atoms with Gasteiger partial charge in [-0.1, -0.05) is 42.5 Å². The fourth-order valence-corrected chi connectivity index (χ4v) is 4.39. The number of amides is 1. The Morgan fingerprint density at radius 3 is 2.33 bits per heavy atom. The number of benzene rings is 2. The minimum Gasteiger partial charge on any atom is -0.378 e. The van der Waals surface area contributed by atoms with Crippen LogP contribution in [0.2, 0.25) is 0 Å². The molecule has 7 heteroatoms. The van der Waals surface area contributed by atoms with E-state index in [0.717, 1.165) is 62.9 Å². The molecular weight excluding hydrogens is 414 g/mol. The van der Waals surface area contributed by atoms with E-state index in [0.29, 0.717) is 18.8 Å². The van der Waals surface area contributed by atoms with E-state index in [4.69, 9.17) is 4.74 Å². The van der Waals surface area contributed by atoms with Crippen molar-refractivity contribution >= 4 is 11.7 Å². The van der Waals surface area contributed by atoms with Crippen LogP contribution in [0, 0.1) is 0 Å². The first-order valence-electron chi connectivity index (χ1n) is 11.6. The number of carbonyl (C=O) groups excluding carboxylic acids is 1. The molecule has 2 fully saturated rings. The van der Waals surface area contributed by atoms with E-state index in [1.54, 1.807) is 0 Å². The molecule has 2 aliphatic heterocycles. The van der Waals surface area contributed by atoms with Crippen molar-refractivity contribution in [2.75, 3.05) is 57.4 Å². The number of anilines is 1. The summed E-state index contributed by atoms with van der Waals surface area (Å²) in [6.45, 7) is 7.27. The van der Waals surface area contributed by atoms with Crippen LogP contribution in [-0.4, -0.2) is 78.4 Å². The standard InChI is InChI=1S/C26H29N5O2/c32-26(31-13-11-29(12-14-31)20-21-5-2-1-3-6-21)23-8-4-7-22(19-23)24-9-10-25(28-27-24)30-15-17-33-18-16-30/h1-10,19H,11-18,20H2. The summed E-state index contributed by atoms with van der Waals surface area (Å²) < 4.78 is 5.40. The van der Waals surface area contributed by atoms with Crippen LogP contribution in [0.15, 0.2) is 66.7 Å². The molecule has 0 N–H and O–H groups in total. The SMILES string of the molecule is O=C(c1cccc(-c2ccc(N3CCOCC3)nn2)c1)N1CCN(Cc2ccccc2)CC1. The maximum atomic E-state index is 13.2. The van der Waals surface area contributed by atoms with E-state index < -0.39 is 0 Å². The summed E-state index contributed by atoms with van der Waals surface area (Å²) in [6.07, 6.45) is 0. The van der Waals surface area contributed by atoms with Crippen molar-refractivity contribution in [3.63, 3.8) is 0 Å². The molecule has 2 saturated heterocycles. The molecule has 2 aromatic carbocycles. The van der Waals surface area contributed by atoms with E-state index in [1.807, 2.05) is 47.4 Å². The average molecular weight is 444 g/mol. The molecule has 0 bridgehead atoms. The number of aromatic nitrogens is 2. The Balaban J connectivity index is 1.21. The van der Waals surface area contributed by atoms with Gasteiger partial charge in [-0.05, 0) is 29.8 Å². The average Bonchev–Trinajstić information content (AvgIpc) is 2.90. The van der Waals surface area contributed by atoms with Gasteiger partial charge in [0, 0.05) is 56.9 Å². The highest BCUT2D eigenvalue weighted by Gasteiger charge is 2.22. The minimum absolute atomic E-state index is 0.0779. The van der Waals surface area contributed by atoms with Gasteiger partial charge in [0.1, 0.15) is 0 Å². The first kappa shape index (κ1) is 21.6. The van der Waals surface area contributed by atoms with Gasteiger partial charge in [0.15, 0.2) is 5.82 Å². The number of piperazine rings is 1. The van der Waals surface area contributed by atoms with Crippen molar-refractivity contribution in [3.8, 4) is 11.3 Å². The zero-order valence-electron chi connectivity index (χ0n) is 18.8. The molecular formula is C26H29N5O2. The van der Waals surface area contributed by atoms with Crippen LogP contribution in [0.4, 0.5) is 5.82 Å². The second kappa shape index (κ2) is 10.1. The Morgan fingerprint density at radius 2 is 1.61 bits per heavy atom. The molecule has 2 aliphatic rings. The number of ether oxygens (including phenoxy) is 1. The zero-order valence-corrected chi connectivity index (χ0v) is 18.8. The monoisotopic (exact) mass is 443 g/mol. The molecule has 0 aliphatic carbocycles. The van der Waals surface area contributed by atoms with Crippen molar-refractivity contribution in [3.05, 3.63) is 77.9 Å². The maximum absolute atomic E-state index is 13.2. The third kappa shape index (κ3) is 5.21. The third-order valence-electron chi connectivity index (χ3n) is 6.30. The number of hydrogen-bond donors (Lipinski definition) is 0. The number of carbonyl (C=O) groups is 1. The Morgan fingerprint density at radius 1 is 0.818 bits per heavy atom.